The van der Waals surface area contributed by atoms with Crippen LogP contribution >= 0.6 is 0 Å². The van der Waals surface area contributed by atoms with E-state index in [0.717, 1.165) is 5.56 Å². The van der Waals surface area contributed by atoms with Crippen molar-refractivity contribution >= 4 is 11.6 Å². The van der Waals surface area contributed by atoms with E-state index in [2.05, 4.69) is 5.32 Å². The number of hydrogen-bond acceptors (Lipinski definition) is 6. The molecule has 4 rings (SSSR count). The van der Waals surface area contributed by atoms with E-state index < -0.39 is 0 Å². The predicted octanol–water partition coefficient (Wildman–Crippen LogP) is 3.47. The largest absolute Gasteiger partial charge is 0.495 e. The van der Waals surface area contributed by atoms with Crippen molar-refractivity contribution in [2.45, 2.75) is 6.61 Å². The highest BCUT2D eigenvalue weighted by Gasteiger charge is 2.17. The maximum atomic E-state index is 12.7. The fourth-order valence-corrected chi connectivity index (χ4v) is 2.96. The Bertz CT molecular complexity index is 1010. The summed E-state index contributed by atoms with van der Waals surface area (Å²) in [4.78, 5) is 12.7. The minimum absolute atomic E-state index is 0.177. The number of hydrogen-bond donors (Lipinski definition) is 2. The summed E-state index contributed by atoms with van der Waals surface area (Å²) in [6, 6.07) is 13.8. The molecule has 2 aromatic carbocycles. The van der Waals surface area contributed by atoms with E-state index in [4.69, 9.17) is 18.6 Å². The number of carbonyl (C=O) groups is 1. The number of aliphatic hydroxyl groups excluding tert-OH is 1. The van der Waals surface area contributed by atoms with E-state index in [1.54, 1.807) is 42.5 Å². The molecule has 0 aliphatic carbocycles. The van der Waals surface area contributed by atoms with Gasteiger partial charge in [-0.05, 0) is 48.5 Å². The van der Waals surface area contributed by atoms with Crippen LogP contribution in [0.5, 0.6) is 17.2 Å². The lowest BCUT2D eigenvalue weighted by Gasteiger charge is -2.19. The highest BCUT2D eigenvalue weighted by Crippen LogP contribution is 2.33. The van der Waals surface area contributed by atoms with Crippen LogP contribution in [0.3, 0.4) is 0 Å². The molecule has 0 spiro atoms. The summed E-state index contributed by atoms with van der Waals surface area (Å²) >= 11 is 0. The van der Waals surface area contributed by atoms with Gasteiger partial charge >= 0.3 is 0 Å². The van der Waals surface area contributed by atoms with Crippen LogP contribution in [0.1, 0.15) is 16.1 Å². The van der Waals surface area contributed by atoms with E-state index in [9.17, 15) is 9.90 Å². The van der Waals surface area contributed by atoms with Crippen LogP contribution in [0, 0.1) is 0 Å². The van der Waals surface area contributed by atoms with Gasteiger partial charge in [-0.1, -0.05) is 0 Å². The van der Waals surface area contributed by atoms with Gasteiger partial charge in [-0.2, -0.15) is 0 Å². The highest BCUT2D eigenvalue weighted by molar-refractivity contribution is 6.05. The highest BCUT2D eigenvalue weighted by atomic mass is 16.6. The summed E-state index contributed by atoms with van der Waals surface area (Å²) in [5, 5.41) is 12.0. The van der Waals surface area contributed by atoms with Gasteiger partial charge < -0.3 is 29.1 Å². The van der Waals surface area contributed by atoms with Gasteiger partial charge in [0.15, 0.2) is 11.5 Å². The first-order chi connectivity index (χ1) is 13.7. The maximum absolute atomic E-state index is 12.7. The zero-order chi connectivity index (χ0) is 19.5. The zero-order valence-corrected chi connectivity index (χ0v) is 15.2. The molecule has 0 saturated carbocycles. The minimum Gasteiger partial charge on any atom is -0.495 e. The van der Waals surface area contributed by atoms with Gasteiger partial charge in [0.25, 0.3) is 5.91 Å². The molecule has 1 aliphatic heterocycles. The van der Waals surface area contributed by atoms with Crippen LogP contribution in [0.2, 0.25) is 0 Å². The monoisotopic (exact) mass is 381 g/mol. The Balaban J connectivity index is 1.61. The van der Waals surface area contributed by atoms with E-state index in [-0.39, 0.29) is 12.5 Å². The van der Waals surface area contributed by atoms with Crippen LogP contribution in [0.15, 0.2) is 52.9 Å². The molecule has 1 aromatic heterocycles. The van der Waals surface area contributed by atoms with E-state index in [1.807, 2.05) is 6.07 Å². The van der Waals surface area contributed by atoms with E-state index in [1.165, 1.54) is 7.11 Å². The second-order valence-corrected chi connectivity index (χ2v) is 6.15. The summed E-state index contributed by atoms with van der Waals surface area (Å²) in [7, 11) is 1.53. The third kappa shape index (κ3) is 3.52. The molecule has 2 heterocycles. The number of carbonyl (C=O) groups excluding carboxylic acids is 1. The number of furan rings is 1. The van der Waals surface area contributed by atoms with Crippen LogP contribution in [0.25, 0.3) is 11.3 Å². The van der Waals surface area contributed by atoms with Crippen molar-refractivity contribution in [2.75, 3.05) is 25.6 Å². The molecule has 0 unspecified atom stereocenters. The van der Waals surface area contributed by atoms with Crippen molar-refractivity contribution < 1.29 is 28.5 Å². The molecule has 0 radical (unpaired) electrons. The number of aliphatic hydroxyl groups is 1. The van der Waals surface area contributed by atoms with Crippen molar-refractivity contribution in [3.05, 3.63) is 59.9 Å². The average molecular weight is 381 g/mol. The van der Waals surface area contributed by atoms with Crippen molar-refractivity contribution in [1.29, 1.82) is 0 Å². The Kier molecular flexibility index (Phi) is 4.90. The predicted molar refractivity (Wildman–Crippen MR) is 102 cm³/mol. The molecule has 144 valence electrons. The van der Waals surface area contributed by atoms with E-state index in [0.29, 0.717) is 53.2 Å². The second-order valence-electron chi connectivity index (χ2n) is 6.15. The number of amides is 1. The van der Waals surface area contributed by atoms with Gasteiger partial charge in [-0.15, -0.1) is 0 Å². The fraction of sp³-hybridized carbons (Fsp3) is 0.190. The van der Waals surface area contributed by atoms with Crippen molar-refractivity contribution in [3.8, 4) is 28.6 Å². The molecule has 2 N–H and O–H groups in total. The average Bonchev–Trinajstić information content (AvgIpc) is 3.22. The molecular formula is C21H19NO6. The molecular weight excluding hydrogens is 362 g/mol. The number of benzene rings is 2. The van der Waals surface area contributed by atoms with Crippen molar-refractivity contribution in [2.24, 2.45) is 0 Å². The normalized spacial score (nSPS) is 12.5. The van der Waals surface area contributed by atoms with Gasteiger partial charge in [-0.3, -0.25) is 4.79 Å². The summed E-state index contributed by atoms with van der Waals surface area (Å²) < 4.78 is 21.9. The number of fused-ring (bicyclic) bond motifs is 1. The Morgan fingerprint density at radius 1 is 1.07 bits per heavy atom. The number of rotatable bonds is 5. The third-order valence-corrected chi connectivity index (χ3v) is 4.35. The molecule has 0 saturated heterocycles. The quantitative estimate of drug-likeness (QED) is 0.703. The first-order valence-corrected chi connectivity index (χ1v) is 8.77. The van der Waals surface area contributed by atoms with Gasteiger partial charge in [0, 0.05) is 11.1 Å². The molecule has 7 heteroatoms. The molecule has 0 atom stereocenters. The number of nitrogens with one attached hydrogen (secondary N) is 1. The van der Waals surface area contributed by atoms with Gasteiger partial charge in [-0.25, -0.2) is 0 Å². The molecule has 1 aliphatic rings. The SMILES string of the molecule is COc1ccc(-c2ccc(CO)o2)cc1NC(=O)c1ccc2c(c1)OCCO2. The van der Waals surface area contributed by atoms with Crippen LogP contribution in [-0.2, 0) is 6.61 Å². The summed E-state index contributed by atoms with van der Waals surface area (Å²) in [5.41, 5.74) is 1.69. The summed E-state index contributed by atoms with van der Waals surface area (Å²) in [5.74, 6) is 2.44. The Morgan fingerprint density at radius 3 is 2.64 bits per heavy atom. The van der Waals surface area contributed by atoms with Crippen LogP contribution < -0.4 is 19.5 Å². The number of anilines is 1. The maximum Gasteiger partial charge on any atom is 0.255 e. The number of methoxy groups -OCH3 is 1. The Labute approximate surface area is 161 Å². The fourth-order valence-electron chi connectivity index (χ4n) is 2.96. The summed E-state index contributed by atoms with van der Waals surface area (Å²) in [6.45, 7) is 0.768. The number of ether oxygens (including phenoxy) is 3. The second kappa shape index (κ2) is 7.66. The Morgan fingerprint density at radius 2 is 1.89 bits per heavy atom. The first-order valence-electron chi connectivity index (χ1n) is 8.77. The molecule has 28 heavy (non-hydrogen) atoms. The first kappa shape index (κ1) is 17.9. The smallest absolute Gasteiger partial charge is 0.255 e. The lowest BCUT2D eigenvalue weighted by molar-refractivity contribution is 0.102. The molecule has 1 amide bonds. The Hall–Kier alpha value is -3.45. The lowest BCUT2D eigenvalue weighted by Crippen LogP contribution is -2.17. The minimum atomic E-state index is -0.303. The van der Waals surface area contributed by atoms with Crippen molar-refractivity contribution in [1.82, 2.24) is 0 Å². The molecule has 3 aromatic rings. The van der Waals surface area contributed by atoms with Gasteiger partial charge in [0.2, 0.25) is 0 Å². The third-order valence-electron chi connectivity index (χ3n) is 4.35. The lowest BCUT2D eigenvalue weighted by atomic mass is 10.1. The van der Waals surface area contributed by atoms with E-state index >= 15 is 0 Å². The topological polar surface area (TPSA) is 90.2 Å². The van der Waals surface area contributed by atoms with Crippen LogP contribution in [-0.4, -0.2) is 31.3 Å². The van der Waals surface area contributed by atoms with Gasteiger partial charge in [0.1, 0.15) is 37.1 Å². The molecule has 0 bridgehead atoms. The molecule has 7 nitrogen and oxygen atoms in total. The summed E-state index contributed by atoms with van der Waals surface area (Å²) in [6.07, 6.45) is 0. The van der Waals surface area contributed by atoms with Crippen LogP contribution in [0.4, 0.5) is 5.69 Å². The van der Waals surface area contributed by atoms with Crippen molar-refractivity contribution in [3.63, 3.8) is 0 Å². The van der Waals surface area contributed by atoms with Gasteiger partial charge in [0.05, 0.1) is 12.8 Å². The standard InChI is InChI=1S/C21H19NO6/c1-25-18-5-2-13(17-7-4-15(12-23)28-17)10-16(18)22-21(24)14-3-6-19-20(11-14)27-9-8-26-19/h2-7,10-11,23H,8-9,12H2,1H3,(H,22,24). The molecule has 0 fully saturated rings. The zero-order valence-electron chi connectivity index (χ0n) is 15.2.